The zero-order chi connectivity index (χ0) is 13.4. The van der Waals surface area contributed by atoms with Crippen LogP contribution >= 0.6 is 15.9 Å². The summed E-state index contributed by atoms with van der Waals surface area (Å²) in [6, 6.07) is 1.70. The molecule has 0 saturated heterocycles. The summed E-state index contributed by atoms with van der Waals surface area (Å²) in [6.07, 6.45) is 5.25. The molecule has 2 aromatic heterocycles. The van der Waals surface area contributed by atoms with Crippen LogP contribution < -0.4 is 5.73 Å². The molecule has 7 heteroatoms. The van der Waals surface area contributed by atoms with Crippen LogP contribution in [0.2, 0.25) is 0 Å². The molecule has 0 saturated carbocycles. The second kappa shape index (κ2) is 4.65. The number of imidazole rings is 1. The van der Waals surface area contributed by atoms with Crippen molar-refractivity contribution in [3.8, 4) is 0 Å². The van der Waals surface area contributed by atoms with Crippen LogP contribution in [0.5, 0.6) is 0 Å². The predicted octanol–water partition coefficient (Wildman–Crippen LogP) is 1.28. The zero-order valence-electron chi connectivity index (χ0n) is 10.1. The maximum absolute atomic E-state index is 12.5. The van der Waals surface area contributed by atoms with E-state index in [-0.39, 0.29) is 11.7 Å². The number of fused-ring (bicyclic) bond motifs is 1. The van der Waals surface area contributed by atoms with Crippen LogP contribution in [-0.4, -0.2) is 31.9 Å². The molecule has 0 fully saturated rings. The molecule has 2 aromatic rings. The summed E-state index contributed by atoms with van der Waals surface area (Å²) >= 11 is 3.30. The van der Waals surface area contributed by atoms with Gasteiger partial charge in [-0.25, -0.2) is 9.97 Å². The number of carbonyl (C=O) groups excluding carboxylic acids is 1. The fraction of sp³-hybridized carbons (Fsp3) is 0.250. The molecule has 98 valence electrons. The number of nitrogens with zero attached hydrogens (tertiary/aromatic N) is 4. The van der Waals surface area contributed by atoms with Crippen molar-refractivity contribution in [1.82, 2.24) is 19.4 Å². The number of hydrogen-bond donors (Lipinski definition) is 1. The van der Waals surface area contributed by atoms with Crippen molar-refractivity contribution < 1.29 is 4.79 Å². The van der Waals surface area contributed by atoms with Crippen LogP contribution in [0.1, 0.15) is 16.2 Å². The third-order valence-electron chi connectivity index (χ3n) is 3.15. The lowest BCUT2D eigenvalue weighted by atomic mass is 10.2. The van der Waals surface area contributed by atoms with Gasteiger partial charge in [-0.15, -0.1) is 0 Å². The van der Waals surface area contributed by atoms with Gasteiger partial charge in [0.25, 0.3) is 5.91 Å². The summed E-state index contributed by atoms with van der Waals surface area (Å²) < 4.78 is 2.79. The predicted molar refractivity (Wildman–Crippen MR) is 73.3 cm³/mol. The minimum Gasteiger partial charge on any atom is -0.383 e. The van der Waals surface area contributed by atoms with Gasteiger partial charge in [-0.2, -0.15) is 0 Å². The summed E-state index contributed by atoms with van der Waals surface area (Å²) in [4.78, 5) is 22.4. The first-order valence-electron chi connectivity index (χ1n) is 5.85. The Bertz CT molecular complexity index is 639. The number of nitrogens with two attached hydrogens (primary N) is 1. The Hall–Kier alpha value is -1.89. The van der Waals surface area contributed by atoms with Gasteiger partial charge in [0, 0.05) is 36.2 Å². The van der Waals surface area contributed by atoms with E-state index in [0.717, 1.165) is 16.8 Å². The highest BCUT2D eigenvalue weighted by Crippen LogP contribution is 2.20. The van der Waals surface area contributed by atoms with Crippen molar-refractivity contribution >= 4 is 27.7 Å². The molecular weight excluding hydrogens is 310 g/mol. The molecule has 2 N–H and O–H groups in total. The molecule has 0 radical (unpaired) electrons. The van der Waals surface area contributed by atoms with E-state index in [1.165, 1.54) is 0 Å². The van der Waals surface area contributed by atoms with E-state index in [1.54, 1.807) is 23.4 Å². The van der Waals surface area contributed by atoms with E-state index < -0.39 is 0 Å². The Morgan fingerprint density at radius 1 is 1.37 bits per heavy atom. The van der Waals surface area contributed by atoms with Gasteiger partial charge in [0.05, 0.1) is 12.1 Å². The molecule has 3 heterocycles. The largest absolute Gasteiger partial charge is 0.383 e. The number of amides is 1. The van der Waals surface area contributed by atoms with Crippen molar-refractivity contribution in [2.75, 3.05) is 12.3 Å². The van der Waals surface area contributed by atoms with Crippen LogP contribution in [0, 0.1) is 0 Å². The average molecular weight is 322 g/mol. The maximum atomic E-state index is 12.5. The van der Waals surface area contributed by atoms with Crippen LogP contribution in [0.15, 0.2) is 29.1 Å². The highest BCUT2D eigenvalue weighted by molar-refractivity contribution is 9.10. The van der Waals surface area contributed by atoms with Crippen LogP contribution in [0.3, 0.4) is 0 Å². The molecular formula is C12H12BrN5O. The van der Waals surface area contributed by atoms with E-state index >= 15 is 0 Å². The lowest BCUT2D eigenvalue weighted by molar-refractivity contribution is 0.0708. The van der Waals surface area contributed by atoms with E-state index in [0.29, 0.717) is 18.7 Å². The van der Waals surface area contributed by atoms with Gasteiger partial charge in [-0.05, 0) is 22.0 Å². The van der Waals surface area contributed by atoms with Crippen LogP contribution in [0.25, 0.3) is 0 Å². The quantitative estimate of drug-likeness (QED) is 0.858. The van der Waals surface area contributed by atoms with Crippen molar-refractivity contribution in [3.05, 3.63) is 40.5 Å². The monoisotopic (exact) mass is 321 g/mol. The van der Waals surface area contributed by atoms with Crippen LogP contribution in [-0.2, 0) is 13.1 Å². The molecule has 19 heavy (non-hydrogen) atoms. The summed E-state index contributed by atoms with van der Waals surface area (Å²) in [5.74, 6) is 1.03. The van der Waals surface area contributed by atoms with Gasteiger partial charge in [0.1, 0.15) is 11.6 Å². The molecule has 0 aromatic carbocycles. The van der Waals surface area contributed by atoms with E-state index in [9.17, 15) is 4.79 Å². The molecule has 0 bridgehead atoms. The van der Waals surface area contributed by atoms with E-state index in [2.05, 4.69) is 25.9 Å². The van der Waals surface area contributed by atoms with Crippen molar-refractivity contribution in [2.24, 2.45) is 0 Å². The second-order valence-corrected chi connectivity index (χ2v) is 5.27. The van der Waals surface area contributed by atoms with Crippen LogP contribution in [0.4, 0.5) is 5.82 Å². The third-order valence-corrected chi connectivity index (χ3v) is 3.58. The van der Waals surface area contributed by atoms with Gasteiger partial charge in [-0.1, -0.05) is 0 Å². The van der Waals surface area contributed by atoms with Crippen molar-refractivity contribution in [2.45, 2.75) is 13.1 Å². The Balaban J connectivity index is 1.87. The van der Waals surface area contributed by atoms with Gasteiger partial charge < -0.3 is 15.2 Å². The number of rotatable bonds is 1. The molecule has 0 atom stereocenters. The molecule has 1 amide bonds. The molecule has 1 aliphatic rings. The molecule has 3 rings (SSSR count). The average Bonchev–Trinajstić information content (AvgIpc) is 2.88. The second-order valence-electron chi connectivity index (χ2n) is 4.35. The summed E-state index contributed by atoms with van der Waals surface area (Å²) in [6.45, 7) is 1.90. The number of nitrogen functional groups attached to an aromatic ring is 1. The Kier molecular flexibility index (Phi) is 2.98. The lowest BCUT2D eigenvalue weighted by Gasteiger charge is -2.28. The zero-order valence-corrected chi connectivity index (χ0v) is 11.7. The minimum absolute atomic E-state index is 0.111. The molecule has 0 spiro atoms. The number of carbonyl (C=O) groups is 1. The number of halogens is 1. The lowest BCUT2D eigenvalue weighted by Crippen LogP contribution is -2.38. The minimum atomic E-state index is -0.111. The molecule has 0 aliphatic carbocycles. The number of hydrogen-bond acceptors (Lipinski definition) is 4. The normalized spacial score (nSPS) is 14.3. The molecule has 6 nitrogen and oxygen atoms in total. The summed E-state index contributed by atoms with van der Waals surface area (Å²) in [5.41, 5.74) is 6.20. The topological polar surface area (TPSA) is 77.0 Å². The maximum Gasteiger partial charge on any atom is 0.258 e. The summed E-state index contributed by atoms with van der Waals surface area (Å²) in [7, 11) is 0. The van der Waals surface area contributed by atoms with E-state index in [1.807, 2.05) is 10.8 Å². The first-order chi connectivity index (χ1) is 9.15. The highest BCUT2D eigenvalue weighted by Gasteiger charge is 2.24. The smallest absolute Gasteiger partial charge is 0.258 e. The SMILES string of the molecule is Nc1ncc(Br)cc1C(=O)N1CCn2ccnc2C1. The van der Waals surface area contributed by atoms with Crippen molar-refractivity contribution in [1.29, 1.82) is 0 Å². The number of anilines is 1. The fourth-order valence-electron chi connectivity index (χ4n) is 2.14. The Morgan fingerprint density at radius 3 is 3.05 bits per heavy atom. The highest BCUT2D eigenvalue weighted by atomic mass is 79.9. The van der Waals surface area contributed by atoms with Gasteiger partial charge in [0.2, 0.25) is 0 Å². The Morgan fingerprint density at radius 2 is 2.21 bits per heavy atom. The third kappa shape index (κ3) is 2.21. The first kappa shape index (κ1) is 12.2. The van der Waals surface area contributed by atoms with E-state index in [4.69, 9.17) is 5.73 Å². The Labute approximate surface area is 118 Å². The standard InChI is InChI=1S/C12H12BrN5O/c13-8-5-9(11(14)16-6-8)12(19)18-4-3-17-2-1-15-10(17)7-18/h1-2,5-6H,3-4,7H2,(H2,14,16). The molecule has 1 aliphatic heterocycles. The first-order valence-corrected chi connectivity index (χ1v) is 6.65. The number of aromatic nitrogens is 3. The van der Waals surface area contributed by atoms with Gasteiger partial charge in [0.15, 0.2) is 0 Å². The van der Waals surface area contributed by atoms with Gasteiger partial charge >= 0.3 is 0 Å². The van der Waals surface area contributed by atoms with Gasteiger partial charge in [-0.3, -0.25) is 4.79 Å². The fourth-order valence-corrected chi connectivity index (χ4v) is 2.47. The summed E-state index contributed by atoms with van der Waals surface area (Å²) in [5, 5.41) is 0. The van der Waals surface area contributed by atoms with Crippen molar-refractivity contribution in [3.63, 3.8) is 0 Å². The molecule has 0 unspecified atom stereocenters. The number of pyridine rings is 1.